The Labute approximate surface area is 121 Å². The van der Waals surface area contributed by atoms with Crippen LogP contribution in [0.1, 0.15) is 32.3 Å². The van der Waals surface area contributed by atoms with Gasteiger partial charge in [-0.2, -0.15) is 5.26 Å². The molecule has 0 saturated heterocycles. The first kappa shape index (κ1) is 16.7. The highest BCUT2D eigenvalue weighted by atomic mass is 32.2. The summed E-state index contributed by atoms with van der Waals surface area (Å²) >= 11 is 0. The third-order valence-electron chi connectivity index (χ3n) is 3.02. The molecule has 0 N–H and O–H groups in total. The maximum absolute atomic E-state index is 12.0. The number of nitrogens with zero attached hydrogens (tertiary/aromatic N) is 1. The van der Waals surface area contributed by atoms with Crippen molar-refractivity contribution < 1.29 is 13.2 Å². The van der Waals surface area contributed by atoms with Gasteiger partial charge in [0.05, 0.1) is 28.9 Å². The number of hydrogen-bond donors (Lipinski definition) is 0. The molecule has 0 amide bonds. The maximum Gasteiger partial charge on any atom is 0.180 e. The summed E-state index contributed by atoms with van der Waals surface area (Å²) in [6.07, 6.45) is 2.19. The molecule has 0 bridgehead atoms. The molecule has 0 aliphatic rings. The van der Waals surface area contributed by atoms with E-state index in [2.05, 4.69) is 13.8 Å². The van der Waals surface area contributed by atoms with E-state index < -0.39 is 9.84 Å². The number of nitriles is 1. The Hall–Kier alpha value is -1.38. The molecule has 1 unspecified atom stereocenters. The zero-order valence-corrected chi connectivity index (χ0v) is 12.8. The van der Waals surface area contributed by atoms with E-state index in [-0.39, 0.29) is 17.3 Å². The molecular formula is C15H21NO3S. The molecule has 0 saturated carbocycles. The second kappa shape index (κ2) is 8.03. The Morgan fingerprint density at radius 3 is 2.50 bits per heavy atom. The van der Waals surface area contributed by atoms with Crippen LogP contribution in [-0.2, 0) is 14.6 Å². The molecule has 0 aromatic heterocycles. The Bertz CT molecular complexity index is 543. The summed E-state index contributed by atoms with van der Waals surface area (Å²) in [6, 6.07) is 7.92. The lowest BCUT2D eigenvalue weighted by molar-refractivity contribution is 0.114. The van der Waals surface area contributed by atoms with Crippen molar-refractivity contribution in [1.29, 1.82) is 5.26 Å². The van der Waals surface area contributed by atoms with Gasteiger partial charge in [-0.25, -0.2) is 8.42 Å². The van der Waals surface area contributed by atoms with Crippen LogP contribution < -0.4 is 0 Å². The zero-order chi connectivity index (χ0) is 15.0. The van der Waals surface area contributed by atoms with E-state index in [1.807, 2.05) is 6.07 Å². The molecule has 110 valence electrons. The van der Waals surface area contributed by atoms with Gasteiger partial charge in [-0.3, -0.25) is 0 Å². The van der Waals surface area contributed by atoms with Gasteiger partial charge in [0, 0.05) is 6.61 Å². The lowest BCUT2D eigenvalue weighted by Gasteiger charge is -2.11. The number of rotatable bonds is 8. The van der Waals surface area contributed by atoms with E-state index in [0.717, 1.165) is 12.8 Å². The molecule has 4 nitrogen and oxygen atoms in total. The summed E-state index contributed by atoms with van der Waals surface area (Å²) < 4.78 is 29.5. The van der Waals surface area contributed by atoms with Crippen LogP contribution in [0, 0.1) is 17.2 Å². The highest BCUT2D eigenvalue weighted by Gasteiger charge is 2.14. The van der Waals surface area contributed by atoms with Gasteiger partial charge in [0.2, 0.25) is 0 Å². The largest absolute Gasteiger partial charge is 0.380 e. The second-order valence-electron chi connectivity index (χ2n) is 4.92. The number of benzene rings is 1. The van der Waals surface area contributed by atoms with Crippen molar-refractivity contribution in [3.8, 4) is 6.07 Å². The molecule has 0 spiro atoms. The number of sulfone groups is 1. The standard InChI is InChI=1S/C15H21NO3S/c1-3-4-13(2)12-19-9-10-20(17,18)15-7-5-14(11-16)6-8-15/h5-8,13H,3-4,9-10,12H2,1-2H3. The summed E-state index contributed by atoms with van der Waals surface area (Å²) in [7, 11) is -3.33. The molecule has 1 aromatic rings. The number of hydrogen-bond acceptors (Lipinski definition) is 4. The average molecular weight is 295 g/mol. The smallest absolute Gasteiger partial charge is 0.180 e. The minimum atomic E-state index is -3.33. The SMILES string of the molecule is CCCC(C)COCCS(=O)(=O)c1ccc(C#N)cc1. The van der Waals surface area contributed by atoms with Crippen LogP contribution >= 0.6 is 0 Å². The first-order chi connectivity index (χ1) is 9.49. The molecule has 0 aliphatic heterocycles. The fraction of sp³-hybridized carbons (Fsp3) is 0.533. The van der Waals surface area contributed by atoms with Crippen LogP contribution in [0.3, 0.4) is 0 Å². The predicted octanol–water partition coefficient (Wildman–Crippen LogP) is 2.78. The van der Waals surface area contributed by atoms with E-state index in [4.69, 9.17) is 10.00 Å². The fourth-order valence-corrected chi connectivity index (χ4v) is 3.01. The monoisotopic (exact) mass is 295 g/mol. The summed E-state index contributed by atoms with van der Waals surface area (Å²) in [6.45, 7) is 5.01. The molecule has 0 aliphatic carbocycles. The van der Waals surface area contributed by atoms with Gasteiger partial charge < -0.3 is 4.74 Å². The van der Waals surface area contributed by atoms with Crippen LogP contribution in [0.2, 0.25) is 0 Å². The van der Waals surface area contributed by atoms with Gasteiger partial charge in [-0.1, -0.05) is 20.3 Å². The Morgan fingerprint density at radius 1 is 1.30 bits per heavy atom. The lowest BCUT2D eigenvalue weighted by Crippen LogP contribution is -2.15. The number of ether oxygens (including phenoxy) is 1. The van der Waals surface area contributed by atoms with E-state index in [1.54, 1.807) is 0 Å². The first-order valence-electron chi connectivity index (χ1n) is 6.80. The molecule has 1 rings (SSSR count). The van der Waals surface area contributed by atoms with E-state index in [0.29, 0.717) is 18.1 Å². The predicted molar refractivity (Wildman–Crippen MR) is 78.1 cm³/mol. The summed E-state index contributed by atoms with van der Waals surface area (Å²) in [5, 5.41) is 8.68. The zero-order valence-electron chi connectivity index (χ0n) is 12.0. The third kappa shape index (κ3) is 5.32. The van der Waals surface area contributed by atoms with E-state index in [1.165, 1.54) is 24.3 Å². The van der Waals surface area contributed by atoms with Gasteiger partial charge in [0.25, 0.3) is 0 Å². The highest BCUT2D eigenvalue weighted by Crippen LogP contribution is 2.12. The molecule has 1 aromatic carbocycles. The van der Waals surface area contributed by atoms with Crippen molar-refractivity contribution in [3.05, 3.63) is 29.8 Å². The lowest BCUT2D eigenvalue weighted by atomic mass is 10.1. The van der Waals surface area contributed by atoms with E-state index >= 15 is 0 Å². The van der Waals surface area contributed by atoms with E-state index in [9.17, 15) is 8.42 Å². The first-order valence-corrected chi connectivity index (χ1v) is 8.45. The topological polar surface area (TPSA) is 67.2 Å². The van der Waals surface area contributed by atoms with Crippen molar-refractivity contribution in [2.45, 2.75) is 31.6 Å². The van der Waals surface area contributed by atoms with Crippen LogP contribution in [-0.4, -0.2) is 27.4 Å². The Morgan fingerprint density at radius 2 is 1.95 bits per heavy atom. The molecule has 0 fully saturated rings. The van der Waals surface area contributed by atoms with Gasteiger partial charge in [-0.15, -0.1) is 0 Å². The van der Waals surface area contributed by atoms with Gasteiger partial charge >= 0.3 is 0 Å². The van der Waals surface area contributed by atoms with Crippen LogP contribution in [0.15, 0.2) is 29.2 Å². The third-order valence-corrected chi connectivity index (χ3v) is 4.72. The van der Waals surface area contributed by atoms with Gasteiger partial charge in [0.15, 0.2) is 9.84 Å². The Kier molecular flexibility index (Phi) is 6.69. The fourth-order valence-electron chi connectivity index (χ4n) is 1.88. The highest BCUT2D eigenvalue weighted by molar-refractivity contribution is 7.91. The molecule has 20 heavy (non-hydrogen) atoms. The Balaban J connectivity index is 2.47. The van der Waals surface area contributed by atoms with Gasteiger partial charge in [0.1, 0.15) is 0 Å². The summed E-state index contributed by atoms with van der Waals surface area (Å²) in [5.41, 5.74) is 0.452. The van der Waals surface area contributed by atoms with Crippen molar-refractivity contribution in [2.75, 3.05) is 19.0 Å². The molecule has 0 radical (unpaired) electrons. The minimum absolute atomic E-state index is 0.0300. The summed E-state index contributed by atoms with van der Waals surface area (Å²) in [5.74, 6) is 0.426. The summed E-state index contributed by atoms with van der Waals surface area (Å²) in [4.78, 5) is 0.238. The van der Waals surface area contributed by atoms with Crippen molar-refractivity contribution in [3.63, 3.8) is 0 Å². The van der Waals surface area contributed by atoms with Gasteiger partial charge in [-0.05, 0) is 36.6 Å². The second-order valence-corrected chi connectivity index (χ2v) is 7.03. The molecule has 0 heterocycles. The maximum atomic E-state index is 12.0. The van der Waals surface area contributed by atoms with Crippen molar-refractivity contribution >= 4 is 9.84 Å². The normalized spacial score (nSPS) is 12.8. The molecule has 1 atom stereocenters. The van der Waals surface area contributed by atoms with Crippen molar-refractivity contribution in [2.24, 2.45) is 5.92 Å². The van der Waals surface area contributed by atoms with Crippen molar-refractivity contribution in [1.82, 2.24) is 0 Å². The molecule has 5 heteroatoms. The minimum Gasteiger partial charge on any atom is -0.380 e. The van der Waals surface area contributed by atoms with Crippen LogP contribution in [0.5, 0.6) is 0 Å². The van der Waals surface area contributed by atoms with Crippen LogP contribution in [0.4, 0.5) is 0 Å². The molecular weight excluding hydrogens is 274 g/mol. The average Bonchev–Trinajstić information content (AvgIpc) is 2.44. The van der Waals surface area contributed by atoms with Crippen LogP contribution in [0.25, 0.3) is 0 Å². The quantitative estimate of drug-likeness (QED) is 0.692.